The largest absolute Gasteiger partial charge is 0.366 e. The third kappa shape index (κ3) is 3.62. The van der Waals surface area contributed by atoms with Gasteiger partial charge in [-0.05, 0) is 17.5 Å². The van der Waals surface area contributed by atoms with Crippen LogP contribution in [0.4, 0.5) is 5.82 Å². The number of amides is 1. The van der Waals surface area contributed by atoms with E-state index < -0.39 is 11.2 Å². The number of carbonyl (C=O) groups is 1. The molecule has 1 amide bonds. The summed E-state index contributed by atoms with van der Waals surface area (Å²) in [5.74, 6) is 0.397. The van der Waals surface area contributed by atoms with Crippen LogP contribution in [0.15, 0.2) is 33.9 Å². The number of hydrogen-bond acceptors (Lipinski definition) is 5. The van der Waals surface area contributed by atoms with Gasteiger partial charge in [0.05, 0.1) is 0 Å². The molecule has 0 aliphatic carbocycles. The molecule has 1 fully saturated rings. The fourth-order valence-electron chi connectivity index (χ4n) is 3.19. The van der Waals surface area contributed by atoms with Gasteiger partial charge >= 0.3 is 5.69 Å². The monoisotopic (exact) mass is 367 g/mol. The zero-order valence-electron chi connectivity index (χ0n) is 15.4. The summed E-state index contributed by atoms with van der Waals surface area (Å²) < 4.78 is 2.17. The van der Waals surface area contributed by atoms with Crippen LogP contribution in [0.2, 0.25) is 0 Å². The average molecular weight is 367 g/mol. The van der Waals surface area contributed by atoms with Crippen LogP contribution in [0.1, 0.15) is 29.5 Å². The number of hydrogen-bond donors (Lipinski definition) is 1. The highest BCUT2D eigenvalue weighted by Gasteiger charge is 2.20. The molecule has 1 aromatic carbocycles. The summed E-state index contributed by atoms with van der Waals surface area (Å²) in [6, 6.07) is 9.63. The van der Waals surface area contributed by atoms with Crippen molar-refractivity contribution < 1.29 is 4.79 Å². The van der Waals surface area contributed by atoms with Crippen molar-refractivity contribution in [2.24, 2.45) is 14.1 Å². The standard InChI is InChI=1S/C19H21N5O3/c1-22-17(15(10-20)18(26)23(2)19(22)27)21-11-13-5-7-14(8-6-13)12-24-9-3-4-16(24)25/h5-8,21H,3-4,9,11-12H2,1-2H3. The van der Waals surface area contributed by atoms with E-state index in [0.717, 1.165) is 28.7 Å². The first kappa shape index (κ1) is 18.5. The lowest BCUT2D eigenvalue weighted by molar-refractivity contribution is -0.128. The van der Waals surface area contributed by atoms with Crippen LogP contribution >= 0.6 is 0 Å². The Kier molecular flexibility index (Phi) is 5.12. The van der Waals surface area contributed by atoms with Gasteiger partial charge in [-0.25, -0.2) is 4.79 Å². The Balaban J connectivity index is 1.74. The Morgan fingerprint density at radius 2 is 1.74 bits per heavy atom. The number of benzene rings is 1. The van der Waals surface area contributed by atoms with E-state index in [4.69, 9.17) is 0 Å². The topological polar surface area (TPSA) is 100 Å². The van der Waals surface area contributed by atoms with Gasteiger partial charge < -0.3 is 10.2 Å². The van der Waals surface area contributed by atoms with Crippen LogP contribution in [-0.2, 0) is 32.0 Å². The van der Waals surface area contributed by atoms with Crippen molar-refractivity contribution in [2.45, 2.75) is 25.9 Å². The quantitative estimate of drug-likeness (QED) is 0.838. The van der Waals surface area contributed by atoms with Gasteiger partial charge in [0.15, 0.2) is 5.56 Å². The lowest BCUT2D eigenvalue weighted by Crippen LogP contribution is -2.39. The molecular weight excluding hydrogens is 346 g/mol. The highest BCUT2D eigenvalue weighted by molar-refractivity contribution is 5.78. The molecule has 1 aliphatic rings. The molecule has 0 atom stereocenters. The highest BCUT2D eigenvalue weighted by Crippen LogP contribution is 2.15. The maximum Gasteiger partial charge on any atom is 0.332 e. The van der Waals surface area contributed by atoms with Gasteiger partial charge in [0.25, 0.3) is 5.56 Å². The molecule has 1 N–H and O–H groups in total. The number of nitriles is 1. The first-order valence-electron chi connectivity index (χ1n) is 8.72. The Morgan fingerprint density at radius 3 is 2.33 bits per heavy atom. The highest BCUT2D eigenvalue weighted by atomic mass is 16.2. The Labute approximate surface area is 156 Å². The van der Waals surface area contributed by atoms with E-state index in [2.05, 4.69) is 5.32 Å². The van der Waals surface area contributed by atoms with Gasteiger partial charge in [0.2, 0.25) is 5.91 Å². The summed E-state index contributed by atoms with van der Waals surface area (Å²) in [6.07, 6.45) is 1.54. The van der Waals surface area contributed by atoms with Crippen molar-refractivity contribution in [3.05, 3.63) is 61.8 Å². The van der Waals surface area contributed by atoms with Crippen molar-refractivity contribution in [3.63, 3.8) is 0 Å². The van der Waals surface area contributed by atoms with Crippen molar-refractivity contribution >= 4 is 11.7 Å². The van der Waals surface area contributed by atoms with Crippen molar-refractivity contribution in [3.8, 4) is 6.07 Å². The summed E-state index contributed by atoms with van der Waals surface area (Å²) in [4.78, 5) is 37.7. The summed E-state index contributed by atoms with van der Waals surface area (Å²) in [6.45, 7) is 1.77. The molecular formula is C19H21N5O3. The zero-order valence-corrected chi connectivity index (χ0v) is 15.4. The van der Waals surface area contributed by atoms with Crippen molar-refractivity contribution in [1.29, 1.82) is 5.26 Å². The molecule has 27 heavy (non-hydrogen) atoms. The third-order valence-electron chi connectivity index (χ3n) is 4.80. The van der Waals surface area contributed by atoms with E-state index in [-0.39, 0.29) is 17.3 Å². The number of carbonyl (C=O) groups excluding carboxylic acids is 1. The fourth-order valence-corrected chi connectivity index (χ4v) is 3.19. The lowest BCUT2D eigenvalue weighted by Gasteiger charge is -2.16. The van der Waals surface area contributed by atoms with Crippen LogP contribution in [0.3, 0.4) is 0 Å². The molecule has 8 heteroatoms. The molecule has 1 saturated heterocycles. The second kappa shape index (κ2) is 7.50. The first-order valence-corrected chi connectivity index (χ1v) is 8.72. The lowest BCUT2D eigenvalue weighted by atomic mass is 10.1. The number of aromatic nitrogens is 2. The molecule has 3 rings (SSSR count). The minimum absolute atomic E-state index is 0.0937. The van der Waals surface area contributed by atoms with Crippen molar-refractivity contribution in [2.75, 3.05) is 11.9 Å². The molecule has 140 valence electrons. The smallest absolute Gasteiger partial charge is 0.332 e. The molecule has 2 aromatic rings. The Bertz CT molecular complexity index is 1030. The second-order valence-electron chi connectivity index (χ2n) is 6.63. The number of nitrogens with one attached hydrogen (secondary N) is 1. The fraction of sp³-hybridized carbons (Fsp3) is 0.368. The molecule has 0 saturated carbocycles. The molecule has 1 aliphatic heterocycles. The van der Waals surface area contributed by atoms with Gasteiger partial charge in [0, 0.05) is 40.2 Å². The summed E-state index contributed by atoms with van der Waals surface area (Å²) in [7, 11) is 2.86. The molecule has 1 aromatic heterocycles. The summed E-state index contributed by atoms with van der Waals surface area (Å²) in [5, 5.41) is 12.3. The molecule has 0 bridgehead atoms. The van der Waals surface area contributed by atoms with Gasteiger partial charge in [-0.15, -0.1) is 0 Å². The minimum Gasteiger partial charge on any atom is -0.366 e. The van der Waals surface area contributed by atoms with Gasteiger partial charge in [0.1, 0.15) is 11.9 Å². The summed E-state index contributed by atoms with van der Waals surface area (Å²) >= 11 is 0. The zero-order chi connectivity index (χ0) is 19.6. The molecule has 8 nitrogen and oxygen atoms in total. The SMILES string of the molecule is Cn1c(NCc2ccc(CN3CCCC3=O)cc2)c(C#N)c(=O)n(C)c1=O. The molecule has 0 spiro atoms. The van der Waals surface area contributed by atoms with E-state index in [1.165, 1.54) is 18.7 Å². The van der Waals surface area contributed by atoms with E-state index >= 15 is 0 Å². The second-order valence-corrected chi connectivity index (χ2v) is 6.63. The van der Waals surface area contributed by atoms with Crippen LogP contribution in [0.25, 0.3) is 0 Å². The Hall–Kier alpha value is -3.34. The van der Waals surface area contributed by atoms with Gasteiger partial charge in [-0.2, -0.15) is 5.26 Å². The van der Waals surface area contributed by atoms with Crippen molar-refractivity contribution in [1.82, 2.24) is 14.0 Å². The Morgan fingerprint density at radius 1 is 1.07 bits per heavy atom. The van der Waals surface area contributed by atoms with Gasteiger partial charge in [-0.3, -0.25) is 18.7 Å². The predicted molar refractivity (Wildman–Crippen MR) is 100 cm³/mol. The predicted octanol–water partition coefficient (Wildman–Crippen LogP) is 0.690. The third-order valence-corrected chi connectivity index (χ3v) is 4.80. The summed E-state index contributed by atoms with van der Waals surface area (Å²) in [5.41, 5.74) is 0.779. The van der Waals surface area contributed by atoms with Crippen LogP contribution in [0, 0.1) is 11.3 Å². The van der Waals surface area contributed by atoms with Crippen LogP contribution < -0.4 is 16.6 Å². The number of rotatable bonds is 5. The number of nitrogens with zero attached hydrogens (tertiary/aromatic N) is 4. The van der Waals surface area contributed by atoms with Crippen LogP contribution in [-0.4, -0.2) is 26.5 Å². The minimum atomic E-state index is -0.617. The van der Waals surface area contributed by atoms with E-state index in [0.29, 0.717) is 19.5 Å². The average Bonchev–Trinajstić information content (AvgIpc) is 3.07. The maximum atomic E-state index is 12.1. The van der Waals surface area contributed by atoms with Crippen LogP contribution in [0.5, 0.6) is 0 Å². The van der Waals surface area contributed by atoms with E-state index in [9.17, 15) is 19.6 Å². The molecule has 0 radical (unpaired) electrons. The molecule has 2 heterocycles. The number of anilines is 1. The van der Waals surface area contributed by atoms with E-state index in [1.54, 1.807) is 0 Å². The first-order chi connectivity index (χ1) is 12.9. The number of likely N-dealkylation sites (tertiary alicyclic amines) is 1. The molecule has 0 unspecified atom stereocenters. The van der Waals surface area contributed by atoms with Gasteiger partial charge in [-0.1, -0.05) is 24.3 Å². The maximum absolute atomic E-state index is 12.1. The van der Waals surface area contributed by atoms with E-state index in [1.807, 2.05) is 35.2 Å². The normalized spacial score (nSPS) is 13.7.